The van der Waals surface area contributed by atoms with Crippen molar-refractivity contribution in [1.82, 2.24) is 0 Å². The first kappa shape index (κ1) is 14.1. The number of halogens is 4. The lowest BCUT2D eigenvalue weighted by Gasteiger charge is -2.11. The monoisotopic (exact) mass is 456 g/mol. The van der Waals surface area contributed by atoms with E-state index in [1.807, 2.05) is 18.2 Å². The third kappa shape index (κ3) is 3.16. The highest BCUT2D eigenvalue weighted by Crippen LogP contribution is 2.43. The molecule has 0 saturated heterocycles. The van der Waals surface area contributed by atoms with Gasteiger partial charge in [-0.15, -0.1) is 11.3 Å². The molecule has 1 atom stereocenters. The van der Waals surface area contributed by atoms with E-state index in [-0.39, 0.29) is 4.83 Å². The number of thiophene rings is 1. The first-order chi connectivity index (χ1) is 7.99. The maximum atomic E-state index is 5.95. The van der Waals surface area contributed by atoms with Crippen molar-refractivity contribution in [3.05, 3.63) is 53.6 Å². The fourth-order valence-electron chi connectivity index (χ4n) is 1.52. The molecule has 0 fully saturated rings. The molecule has 1 aromatic carbocycles. The van der Waals surface area contributed by atoms with Crippen molar-refractivity contribution < 1.29 is 0 Å². The van der Waals surface area contributed by atoms with Crippen molar-refractivity contribution >= 4 is 70.7 Å². The zero-order valence-electron chi connectivity index (χ0n) is 8.81. The first-order valence-corrected chi connectivity index (χ1v) is 8.53. The van der Waals surface area contributed by atoms with E-state index in [1.54, 1.807) is 11.3 Å². The smallest absolute Gasteiger partial charge is 0.0760 e. The molecule has 0 N–H and O–H groups in total. The quantitative estimate of drug-likeness (QED) is 0.438. The highest BCUT2D eigenvalue weighted by molar-refractivity contribution is 9.11. The molecule has 0 aliphatic carbocycles. The number of benzene rings is 1. The van der Waals surface area contributed by atoms with Gasteiger partial charge < -0.3 is 0 Å². The Morgan fingerprint density at radius 2 is 1.88 bits per heavy atom. The lowest BCUT2D eigenvalue weighted by atomic mass is 10.1. The van der Waals surface area contributed by atoms with Crippen LogP contribution < -0.4 is 0 Å². The largest absolute Gasteiger partial charge is 0.143 e. The van der Waals surface area contributed by atoms with Gasteiger partial charge in [-0.1, -0.05) is 49.5 Å². The second-order valence-corrected chi connectivity index (χ2v) is 7.95. The molecule has 2 aromatic rings. The highest BCUT2D eigenvalue weighted by Gasteiger charge is 2.18. The van der Waals surface area contributed by atoms with Gasteiger partial charge in [0.1, 0.15) is 0 Å². The summed E-state index contributed by atoms with van der Waals surface area (Å²) in [5.74, 6) is 0. The van der Waals surface area contributed by atoms with Crippen LogP contribution >= 0.6 is 70.7 Å². The van der Waals surface area contributed by atoms with Gasteiger partial charge in [-0.2, -0.15) is 0 Å². The summed E-state index contributed by atoms with van der Waals surface area (Å²) in [7, 11) is 0. The molecule has 5 heteroatoms. The molecule has 0 saturated carbocycles. The molecule has 0 spiro atoms. The van der Waals surface area contributed by atoms with Gasteiger partial charge in [-0.3, -0.25) is 0 Å². The Bertz CT molecular complexity index is 551. The van der Waals surface area contributed by atoms with Crippen molar-refractivity contribution in [1.29, 1.82) is 0 Å². The van der Waals surface area contributed by atoms with Gasteiger partial charge in [-0.05, 0) is 46.6 Å². The van der Waals surface area contributed by atoms with Crippen molar-refractivity contribution in [3.63, 3.8) is 0 Å². The Hall–Kier alpha value is 0.650. The van der Waals surface area contributed by atoms with E-state index >= 15 is 0 Å². The van der Waals surface area contributed by atoms with E-state index in [0.29, 0.717) is 0 Å². The summed E-state index contributed by atoms with van der Waals surface area (Å²) in [5.41, 5.74) is 1.18. The van der Waals surface area contributed by atoms with Crippen LogP contribution in [-0.2, 0) is 0 Å². The number of aryl methyl sites for hydroxylation is 1. The Labute approximate surface area is 135 Å². The van der Waals surface area contributed by atoms with E-state index in [9.17, 15) is 0 Å². The van der Waals surface area contributed by atoms with Gasteiger partial charge >= 0.3 is 0 Å². The van der Waals surface area contributed by atoms with E-state index in [4.69, 9.17) is 11.6 Å². The Kier molecular flexibility index (Phi) is 4.75. The predicted molar refractivity (Wildman–Crippen MR) is 86.7 cm³/mol. The van der Waals surface area contributed by atoms with Crippen molar-refractivity contribution in [2.75, 3.05) is 0 Å². The maximum absolute atomic E-state index is 5.95. The summed E-state index contributed by atoms with van der Waals surface area (Å²) in [4.78, 5) is 2.73. The summed E-state index contributed by atoms with van der Waals surface area (Å²) in [6, 6.07) is 8.00. The number of rotatable bonds is 2. The third-order valence-corrected chi connectivity index (χ3v) is 6.51. The summed E-state index contributed by atoms with van der Waals surface area (Å²) < 4.78 is 2.16. The van der Waals surface area contributed by atoms with Gasteiger partial charge in [0.2, 0.25) is 0 Å². The molecule has 0 amide bonds. The molecular formula is C12H8Br3ClS. The van der Waals surface area contributed by atoms with Gasteiger partial charge in [0.05, 0.1) is 4.83 Å². The van der Waals surface area contributed by atoms with Gasteiger partial charge in [0.15, 0.2) is 0 Å². The SMILES string of the molecule is Cc1cc(Br)c(C(Br)c2ccc(Cl)cc2Br)s1. The highest BCUT2D eigenvalue weighted by atomic mass is 79.9. The summed E-state index contributed by atoms with van der Waals surface area (Å²) in [5, 5.41) is 0.738. The average molecular weight is 459 g/mol. The molecular weight excluding hydrogens is 451 g/mol. The molecule has 90 valence electrons. The first-order valence-electron chi connectivity index (χ1n) is 4.84. The second-order valence-electron chi connectivity index (χ2n) is 3.60. The molecule has 2 rings (SSSR count). The van der Waals surface area contributed by atoms with Crippen molar-refractivity contribution in [3.8, 4) is 0 Å². The molecule has 0 radical (unpaired) electrons. The van der Waals surface area contributed by atoms with E-state index in [1.165, 1.54) is 15.3 Å². The predicted octanol–water partition coefficient (Wildman–Crippen LogP) is 6.72. The molecule has 0 nitrogen and oxygen atoms in total. The number of hydrogen-bond acceptors (Lipinski definition) is 1. The minimum absolute atomic E-state index is 0.169. The van der Waals surface area contributed by atoms with E-state index < -0.39 is 0 Å². The average Bonchev–Trinajstić information content (AvgIpc) is 2.57. The van der Waals surface area contributed by atoms with Crippen LogP contribution in [0.5, 0.6) is 0 Å². The molecule has 1 unspecified atom stereocenters. The summed E-state index contributed by atoms with van der Waals surface area (Å²) in [6.45, 7) is 2.11. The summed E-state index contributed by atoms with van der Waals surface area (Å²) in [6.07, 6.45) is 0. The van der Waals surface area contributed by atoms with Crippen LogP contribution in [0.1, 0.15) is 20.1 Å². The number of hydrogen-bond donors (Lipinski definition) is 0. The lowest BCUT2D eigenvalue weighted by Crippen LogP contribution is -1.91. The van der Waals surface area contributed by atoms with Crippen LogP contribution in [0.15, 0.2) is 33.2 Å². The Morgan fingerprint density at radius 3 is 2.41 bits per heavy atom. The molecule has 0 aliphatic heterocycles. The van der Waals surface area contributed by atoms with Gasteiger partial charge in [0, 0.05) is 23.7 Å². The zero-order chi connectivity index (χ0) is 12.6. The lowest BCUT2D eigenvalue weighted by molar-refractivity contribution is 1.20. The van der Waals surface area contributed by atoms with E-state index in [0.717, 1.165) is 14.0 Å². The van der Waals surface area contributed by atoms with Gasteiger partial charge in [-0.25, -0.2) is 0 Å². The molecule has 1 aromatic heterocycles. The molecule has 0 aliphatic rings. The van der Waals surface area contributed by atoms with Crippen LogP contribution in [-0.4, -0.2) is 0 Å². The Balaban J connectivity index is 2.43. The topological polar surface area (TPSA) is 0 Å². The zero-order valence-corrected chi connectivity index (χ0v) is 15.1. The normalized spacial score (nSPS) is 12.8. The standard InChI is InChI=1S/C12H8Br3ClS/c1-6-4-10(14)12(17-6)11(15)8-3-2-7(16)5-9(8)13/h2-5,11H,1H3. The third-order valence-electron chi connectivity index (χ3n) is 2.30. The Morgan fingerprint density at radius 1 is 1.18 bits per heavy atom. The molecule has 0 bridgehead atoms. The van der Waals surface area contributed by atoms with Crippen molar-refractivity contribution in [2.45, 2.75) is 11.8 Å². The minimum atomic E-state index is 0.169. The van der Waals surface area contributed by atoms with Crippen LogP contribution in [0.25, 0.3) is 0 Å². The van der Waals surface area contributed by atoms with Crippen LogP contribution in [0.2, 0.25) is 5.02 Å². The van der Waals surface area contributed by atoms with Crippen LogP contribution in [0.3, 0.4) is 0 Å². The number of alkyl halides is 1. The molecule has 1 heterocycles. The van der Waals surface area contributed by atoms with Crippen molar-refractivity contribution in [2.24, 2.45) is 0 Å². The minimum Gasteiger partial charge on any atom is -0.143 e. The van der Waals surface area contributed by atoms with Crippen LogP contribution in [0, 0.1) is 6.92 Å². The fraction of sp³-hybridized carbons (Fsp3) is 0.167. The summed E-state index contributed by atoms with van der Waals surface area (Å²) >= 11 is 18.6. The van der Waals surface area contributed by atoms with Crippen LogP contribution in [0.4, 0.5) is 0 Å². The second kappa shape index (κ2) is 5.74. The maximum Gasteiger partial charge on any atom is 0.0760 e. The van der Waals surface area contributed by atoms with E-state index in [2.05, 4.69) is 60.8 Å². The molecule has 17 heavy (non-hydrogen) atoms. The fourth-order valence-corrected chi connectivity index (χ4v) is 5.85. The van der Waals surface area contributed by atoms with Gasteiger partial charge in [0.25, 0.3) is 0 Å².